The monoisotopic (exact) mass is 646 g/mol. The second kappa shape index (κ2) is 11.6. The van der Waals surface area contributed by atoms with Crippen LogP contribution >= 0.6 is 0 Å². The first-order chi connectivity index (χ1) is 16.7. The SMILES string of the molecule is CCC(C)(c1cc2c(-c3ccccc3)cccc2[cH-]1)c1cc2c(-c3ccccc3)cccc2[cH-]1.[CH3-].[CH3-].[Hf+4]. The van der Waals surface area contributed by atoms with Crippen molar-refractivity contribution < 1.29 is 25.8 Å². The van der Waals surface area contributed by atoms with Crippen molar-refractivity contribution in [2.45, 2.75) is 25.7 Å². The van der Waals surface area contributed by atoms with Gasteiger partial charge in [0.1, 0.15) is 0 Å². The molecule has 0 saturated carbocycles. The first kappa shape index (κ1) is 28.5. The summed E-state index contributed by atoms with van der Waals surface area (Å²) >= 11 is 0. The standard InChI is InChI=1S/C34H28.2CH3.Hf/c1-3-34(2,28-20-26-16-10-18-30(32(26)22-28)24-12-6-4-7-13-24)29-21-27-17-11-19-31(33(27)23-29)25-14-8-5-9-15-25;;;/h4-23H,3H2,1-2H3;2*1H3;/q-2;2*-1;+4. The Hall–Kier alpha value is -3.03. The first-order valence-electron chi connectivity index (χ1n) is 12.2. The molecule has 37 heavy (non-hydrogen) atoms. The van der Waals surface area contributed by atoms with Gasteiger partial charge in [0.05, 0.1) is 0 Å². The van der Waals surface area contributed by atoms with Gasteiger partial charge >= 0.3 is 25.8 Å². The van der Waals surface area contributed by atoms with E-state index in [-0.39, 0.29) is 46.1 Å². The summed E-state index contributed by atoms with van der Waals surface area (Å²) in [6, 6.07) is 44.5. The zero-order chi connectivity index (χ0) is 23.1. The molecule has 6 aromatic rings. The fourth-order valence-corrected chi connectivity index (χ4v) is 5.42. The van der Waals surface area contributed by atoms with Crippen molar-refractivity contribution in [3.8, 4) is 22.3 Å². The van der Waals surface area contributed by atoms with Gasteiger partial charge < -0.3 is 14.9 Å². The average Bonchev–Trinajstić information content (AvgIpc) is 3.54. The Bertz CT molecular complexity index is 1460. The van der Waals surface area contributed by atoms with Gasteiger partial charge in [0, 0.05) is 0 Å². The Labute approximate surface area is 241 Å². The Morgan fingerprint density at radius 2 is 0.973 bits per heavy atom. The number of fused-ring (bicyclic) bond motifs is 2. The van der Waals surface area contributed by atoms with E-state index >= 15 is 0 Å². The summed E-state index contributed by atoms with van der Waals surface area (Å²) in [5, 5.41) is 5.31. The molecule has 6 aromatic carbocycles. The smallest absolute Gasteiger partial charge is 0.358 e. The third kappa shape index (κ3) is 4.94. The minimum Gasteiger partial charge on any atom is -0.358 e. The third-order valence-corrected chi connectivity index (χ3v) is 7.65. The van der Waals surface area contributed by atoms with E-state index in [9.17, 15) is 0 Å². The molecule has 0 saturated heterocycles. The molecule has 0 spiro atoms. The van der Waals surface area contributed by atoms with Crippen LogP contribution in [0.4, 0.5) is 0 Å². The summed E-state index contributed by atoms with van der Waals surface area (Å²) in [5.41, 5.74) is 7.89. The minimum absolute atomic E-state index is 0. The molecule has 0 fully saturated rings. The number of rotatable bonds is 5. The zero-order valence-electron chi connectivity index (χ0n) is 22.3. The van der Waals surface area contributed by atoms with Crippen molar-refractivity contribution in [3.63, 3.8) is 0 Å². The Morgan fingerprint density at radius 3 is 1.35 bits per heavy atom. The minimum atomic E-state index is -0.0556. The van der Waals surface area contributed by atoms with Gasteiger partial charge in [-0.3, -0.25) is 0 Å². The van der Waals surface area contributed by atoms with Gasteiger partial charge in [-0.15, -0.1) is 69.1 Å². The fraction of sp³-hybridized carbons (Fsp3) is 0.111. The van der Waals surface area contributed by atoms with E-state index in [0.717, 1.165) is 6.42 Å². The van der Waals surface area contributed by atoms with Gasteiger partial charge in [-0.25, -0.2) is 0 Å². The van der Waals surface area contributed by atoms with Crippen LogP contribution in [0.5, 0.6) is 0 Å². The van der Waals surface area contributed by atoms with Crippen molar-refractivity contribution in [1.82, 2.24) is 0 Å². The summed E-state index contributed by atoms with van der Waals surface area (Å²) in [6.45, 7) is 4.71. The molecule has 0 aromatic heterocycles. The summed E-state index contributed by atoms with van der Waals surface area (Å²) < 4.78 is 0. The molecular formula is C36H34Hf. The van der Waals surface area contributed by atoms with Crippen LogP contribution in [-0.4, -0.2) is 0 Å². The fourth-order valence-electron chi connectivity index (χ4n) is 5.42. The summed E-state index contributed by atoms with van der Waals surface area (Å²) in [7, 11) is 0. The van der Waals surface area contributed by atoms with Gasteiger partial charge in [0.15, 0.2) is 0 Å². The molecular weight excluding hydrogens is 611 g/mol. The quantitative estimate of drug-likeness (QED) is 0.129. The van der Waals surface area contributed by atoms with Crippen molar-refractivity contribution in [2.75, 3.05) is 0 Å². The molecule has 0 heterocycles. The van der Waals surface area contributed by atoms with Gasteiger partial charge in [-0.2, -0.15) is 12.1 Å². The number of benzene rings is 4. The maximum absolute atomic E-state index is 2.43. The van der Waals surface area contributed by atoms with Crippen molar-refractivity contribution in [2.24, 2.45) is 0 Å². The van der Waals surface area contributed by atoms with Gasteiger partial charge in [-0.1, -0.05) is 97.8 Å². The maximum atomic E-state index is 2.43. The number of hydrogen-bond donors (Lipinski definition) is 0. The van der Waals surface area contributed by atoms with Crippen LogP contribution in [0.2, 0.25) is 0 Å². The van der Waals surface area contributed by atoms with Crippen LogP contribution in [0.3, 0.4) is 0 Å². The molecule has 1 heteroatoms. The molecule has 0 unspecified atom stereocenters. The largest absolute Gasteiger partial charge is 4.00 e. The Balaban J connectivity index is 0.00000127. The molecule has 0 radical (unpaired) electrons. The number of hydrogen-bond acceptors (Lipinski definition) is 0. The van der Waals surface area contributed by atoms with E-state index in [1.807, 2.05) is 0 Å². The molecule has 182 valence electrons. The average molecular weight is 645 g/mol. The van der Waals surface area contributed by atoms with Crippen molar-refractivity contribution in [1.29, 1.82) is 0 Å². The molecule has 0 bridgehead atoms. The molecule has 0 aliphatic rings. The summed E-state index contributed by atoms with van der Waals surface area (Å²) in [6.07, 6.45) is 1.04. The van der Waals surface area contributed by atoms with E-state index < -0.39 is 0 Å². The molecule has 6 rings (SSSR count). The van der Waals surface area contributed by atoms with Gasteiger partial charge in [-0.05, 0) is 23.0 Å². The molecule has 0 aliphatic heterocycles. The van der Waals surface area contributed by atoms with Crippen LogP contribution in [0.25, 0.3) is 43.8 Å². The van der Waals surface area contributed by atoms with E-state index in [1.165, 1.54) is 54.9 Å². The molecule has 0 aliphatic carbocycles. The molecule has 0 N–H and O–H groups in total. The summed E-state index contributed by atoms with van der Waals surface area (Å²) in [4.78, 5) is 0. The topological polar surface area (TPSA) is 0 Å². The molecule has 0 atom stereocenters. The van der Waals surface area contributed by atoms with E-state index in [0.29, 0.717) is 0 Å². The van der Waals surface area contributed by atoms with Crippen LogP contribution in [0.15, 0.2) is 121 Å². The van der Waals surface area contributed by atoms with E-state index in [1.54, 1.807) is 0 Å². The molecule has 0 nitrogen and oxygen atoms in total. The van der Waals surface area contributed by atoms with Gasteiger partial charge in [0.2, 0.25) is 0 Å². The first-order valence-corrected chi connectivity index (χ1v) is 12.2. The normalized spacial score (nSPS) is 11.0. The van der Waals surface area contributed by atoms with Crippen LogP contribution in [0, 0.1) is 14.9 Å². The van der Waals surface area contributed by atoms with E-state index in [4.69, 9.17) is 0 Å². The van der Waals surface area contributed by atoms with Crippen molar-refractivity contribution >= 4 is 21.5 Å². The second-order valence-corrected chi connectivity index (χ2v) is 9.52. The van der Waals surface area contributed by atoms with E-state index in [2.05, 4.69) is 135 Å². The zero-order valence-corrected chi connectivity index (χ0v) is 25.8. The molecule has 0 amide bonds. The van der Waals surface area contributed by atoms with Crippen LogP contribution in [0.1, 0.15) is 31.4 Å². The van der Waals surface area contributed by atoms with Crippen LogP contribution < -0.4 is 0 Å². The summed E-state index contributed by atoms with van der Waals surface area (Å²) in [5.74, 6) is 0. The predicted molar refractivity (Wildman–Crippen MR) is 160 cm³/mol. The Kier molecular flexibility index (Phi) is 8.92. The maximum Gasteiger partial charge on any atom is 4.00 e. The van der Waals surface area contributed by atoms with Crippen molar-refractivity contribution in [3.05, 3.63) is 147 Å². The Morgan fingerprint density at radius 1 is 0.568 bits per heavy atom. The van der Waals surface area contributed by atoms with Gasteiger partial charge in [0.25, 0.3) is 0 Å². The third-order valence-electron chi connectivity index (χ3n) is 7.65. The van der Waals surface area contributed by atoms with Crippen LogP contribution in [-0.2, 0) is 31.3 Å². The predicted octanol–water partition coefficient (Wildman–Crippen LogP) is 10.4. The second-order valence-electron chi connectivity index (χ2n) is 9.52.